The maximum absolute atomic E-state index is 13.8. The van der Waals surface area contributed by atoms with Crippen molar-refractivity contribution in [1.29, 1.82) is 0 Å². The Labute approximate surface area is 365 Å². The van der Waals surface area contributed by atoms with E-state index in [1.807, 2.05) is 25.1 Å². The van der Waals surface area contributed by atoms with Gasteiger partial charge in [-0.15, -0.1) is 0 Å². The minimum Gasteiger partial charge on any atom is -0.496 e. The SMILES string of the molecule is CC[C@@H](C1CCN(CCNC(=O)CCOCCNc2cccc3c2C(=O)N(C2CCC(=O)NC2=O)C3=O)CC1)n1c(C)c(C(=O)NCc2c(OC)cc(C)[nH]c2=O)c2ccccc21. The number of nitrogens with zero attached hydrogens (tertiary/aromatic N) is 3. The molecule has 0 radical (unpaired) electrons. The summed E-state index contributed by atoms with van der Waals surface area (Å²) < 4.78 is 13.4. The molecule has 0 aliphatic carbocycles. The maximum Gasteiger partial charge on any atom is 0.264 e. The predicted octanol–water partition coefficient (Wildman–Crippen LogP) is 3.58. The van der Waals surface area contributed by atoms with Crippen molar-refractivity contribution in [3.8, 4) is 5.75 Å². The van der Waals surface area contributed by atoms with Crippen LogP contribution in [0, 0.1) is 19.8 Å². The fourth-order valence-corrected chi connectivity index (χ4v) is 9.31. The van der Waals surface area contributed by atoms with E-state index in [0.29, 0.717) is 47.3 Å². The predicted molar refractivity (Wildman–Crippen MR) is 235 cm³/mol. The Balaban J connectivity index is 0.836. The molecule has 5 heterocycles. The number of carbonyl (C=O) groups is 6. The van der Waals surface area contributed by atoms with E-state index in [9.17, 15) is 33.6 Å². The average Bonchev–Trinajstić information content (AvgIpc) is 3.70. The van der Waals surface area contributed by atoms with Crippen molar-refractivity contribution < 1.29 is 38.2 Å². The number of hydrogen-bond acceptors (Lipinski definition) is 11. The number of anilines is 1. The number of H-pyrrole nitrogens is 1. The molecule has 5 N–H and O–H groups in total. The molecule has 2 aromatic carbocycles. The third-order valence-corrected chi connectivity index (χ3v) is 12.4. The van der Waals surface area contributed by atoms with Crippen molar-refractivity contribution in [2.45, 2.75) is 77.9 Å². The lowest BCUT2D eigenvalue weighted by molar-refractivity contribution is -0.136. The van der Waals surface area contributed by atoms with E-state index < -0.39 is 29.7 Å². The fourth-order valence-electron chi connectivity index (χ4n) is 9.31. The number of ether oxygens (including phenoxy) is 2. The Morgan fingerprint density at radius 3 is 2.44 bits per heavy atom. The summed E-state index contributed by atoms with van der Waals surface area (Å²) in [6, 6.07) is 13.7. The number of methoxy groups -OCH3 is 1. The second kappa shape index (κ2) is 19.8. The second-order valence-corrected chi connectivity index (χ2v) is 16.3. The van der Waals surface area contributed by atoms with Gasteiger partial charge in [-0.05, 0) is 82.8 Å². The van der Waals surface area contributed by atoms with Crippen LogP contribution in [0.15, 0.2) is 53.3 Å². The molecule has 2 atom stereocenters. The average molecular weight is 865 g/mol. The molecule has 2 aromatic heterocycles. The Morgan fingerprint density at radius 2 is 1.70 bits per heavy atom. The van der Waals surface area contributed by atoms with Crippen LogP contribution in [0.3, 0.4) is 0 Å². The van der Waals surface area contributed by atoms with Crippen molar-refractivity contribution in [3.63, 3.8) is 0 Å². The highest BCUT2D eigenvalue weighted by atomic mass is 16.5. The number of likely N-dealkylation sites (tertiary alicyclic amines) is 1. The van der Waals surface area contributed by atoms with Gasteiger partial charge in [-0.25, -0.2) is 0 Å². The number of piperidine rings is 2. The number of nitrogens with one attached hydrogen (secondary N) is 5. The molecule has 6 amide bonds. The molecule has 0 bridgehead atoms. The molecule has 2 fully saturated rings. The molecule has 17 nitrogen and oxygen atoms in total. The lowest BCUT2D eigenvalue weighted by Gasteiger charge is -2.37. The molecule has 1 unspecified atom stereocenters. The van der Waals surface area contributed by atoms with E-state index in [-0.39, 0.29) is 73.6 Å². The van der Waals surface area contributed by atoms with Gasteiger partial charge < -0.3 is 39.9 Å². The molecule has 0 saturated carbocycles. The van der Waals surface area contributed by atoms with Gasteiger partial charge >= 0.3 is 0 Å². The van der Waals surface area contributed by atoms with Crippen LogP contribution in [-0.4, -0.2) is 114 Å². The van der Waals surface area contributed by atoms with Crippen molar-refractivity contribution in [2.24, 2.45) is 5.92 Å². The van der Waals surface area contributed by atoms with Crippen LogP contribution in [-0.2, 0) is 25.7 Å². The Bertz CT molecular complexity index is 2470. The normalized spacial score (nSPS) is 17.5. The largest absolute Gasteiger partial charge is 0.496 e. The number of hydrogen-bond donors (Lipinski definition) is 5. The number of carbonyl (C=O) groups excluding carboxylic acids is 6. The zero-order valence-corrected chi connectivity index (χ0v) is 36.3. The van der Waals surface area contributed by atoms with Crippen LogP contribution in [0.4, 0.5) is 5.69 Å². The number of amides is 6. The summed E-state index contributed by atoms with van der Waals surface area (Å²) in [7, 11) is 1.51. The minimum absolute atomic E-state index is 0.0312. The summed E-state index contributed by atoms with van der Waals surface area (Å²) in [6.45, 7) is 9.82. The Morgan fingerprint density at radius 1 is 0.921 bits per heavy atom. The summed E-state index contributed by atoms with van der Waals surface area (Å²) in [5.41, 5.74) is 4.07. The highest BCUT2D eigenvalue weighted by Crippen LogP contribution is 2.38. The number of fused-ring (bicyclic) bond motifs is 2. The standard InChI is InChI=1S/C46H56N8O9/c1-5-34(53-28(3)40(30-9-6-7-12-35(30)53)44(59)49-26-32-37(62-4)25-27(2)50-42(32)57)29-15-20-52(21-16-29)22-18-48-38(55)17-23-63-24-19-47-33-11-8-10-31-41(33)46(61)54(45(31)60)36-13-14-39(56)51-43(36)58/h6-12,25,29,34,36,47H,5,13-24,26H2,1-4H3,(H,48,55)(H,49,59)(H,50,57)(H,51,56,58)/t34-,36?/m0/s1. The highest BCUT2D eigenvalue weighted by Gasteiger charge is 2.45. The fraction of sp³-hybridized carbons (Fsp3) is 0.457. The summed E-state index contributed by atoms with van der Waals surface area (Å²) in [5, 5.41) is 12.2. The summed E-state index contributed by atoms with van der Waals surface area (Å²) >= 11 is 0. The molecular weight excluding hydrogens is 809 g/mol. The van der Waals surface area contributed by atoms with E-state index in [1.165, 1.54) is 13.2 Å². The third kappa shape index (κ3) is 9.54. The minimum atomic E-state index is -1.04. The van der Waals surface area contributed by atoms with Crippen molar-refractivity contribution in [3.05, 3.63) is 92.5 Å². The molecule has 0 spiro atoms. The van der Waals surface area contributed by atoms with Crippen molar-refractivity contribution >= 4 is 52.0 Å². The summed E-state index contributed by atoms with van der Waals surface area (Å²) in [4.78, 5) is 95.7. The first-order valence-corrected chi connectivity index (χ1v) is 21.7. The molecular formula is C46H56N8O9. The third-order valence-electron chi connectivity index (χ3n) is 12.4. The van der Waals surface area contributed by atoms with Crippen molar-refractivity contribution in [1.82, 2.24) is 35.3 Å². The molecule has 2 saturated heterocycles. The number of aromatic amines is 1. The molecule has 3 aliphatic heterocycles. The smallest absolute Gasteiger partial charge is 0.264 e. The van der Waals surface area contributed by atoms with Gasteiger partial charge in [0.2, 0.25) is 17.7 Å². The summed E-state index contributed by atoms with van der Waals surface area (Å²) in [5.74, 6) is -1.77. The van der Waals surface area contributed by atoms with Gasteiger partial charge in [0.25, 0.3) is 23.3 Å². The van der Waals surface area contributed by atoms with Gasteiger partial charge in [-0.2, -0.15) is 0 Å². The van der Waals surface area contributed by atoms with Gasteiger partial charge in [-0.3, -0.25) is 43.8 Å². The molecule has 4 aromatic rings. The van der Waals surface area contributed by atoms with Gasteiger partial charge in [0, 0.05) is 66.5 Å². The van der Waals surface area contributed by atoms with E-state index in [1.54, 1.807) is 25.1 Å². The van der Waals surface area contributed by atoms with E-state index >= 15 is 0 Å². The van der Waals surface area contributed by atoms with Crippen molar-refractivity contribution in [2.75, 3.05) is 58.4 Å². The van der Waals surface area contributed by atoms with Crippen LogP contribution in [0.1, 0.15) is 99.5 Å². The Hall–Kier alpha value is -6.33. The molecule has 3 aliphatic rings. The maximum atomic E-state index is 13.8. The lowest BCUT2D eigenvalue weighted by atomic mass is 9.87. The number of para-hydroxylation sites is 1. The lowest BCUT2D eigenvalue weighted by Crippen LogP contribution is -2.54. The first kappa shape index (κ1) is 44.7. The number of imide groups is 2. The van der Waals surface area contributed by atoms with Crippen LogP contribution in [0.5, 0.6) is 5.75 Å². The molecule has 63 heavy (non-hydrogen) atoms. The number of aromatic nitrogens is 2. The van der Waals surface area contributed by atoms with Gasteiger partial charge in [0.1, 0.15) is 11.8 Å². The zero-order valence-electron chi connectivity index (χ0n) is 36.3. The van der Waals surface area contributed by atoms with Gasteiger partial charge in [-0.1, -0.05) is 31.2 Å². The van der Waals surface area contributed by atoms with Crippen LogP contribution in [0.25, 0.3) is 10.9 Å². The number of pyridine rings is 1. The van der Waals surface area contributed by atoms with Gasteiger partial charge in [0.15, 0.2) is 0 Å². The Kier molecular flexibility index (Phi) is 14.1. The number of aryl methyl sites for hydroxylation is 1. The first-order chi connectivity index (χ1) is 30.4. The number of rotatable bonds is 18. The van der Waals surface area contributed by atoms with E-state index in [4.69, 9.17) is 9.47 Å². The molecule has 17 heteroatoms. The van der Waals surface area contributed by atoms with E-state index in [2.05, 4.69) is 48.7 Å². The molecule has 7 rings (SSSR count). The van der Waals surface area contributed by atoms with E-state index in [0.717, 1.165) is 60.4 Å². The summed E-state index contributed by atoms with van der Waals surface area (Å²) in [6.07, 6.45) is 3.17. The second-order valence-electron chi connectivity index (χ2n) is 16.3. The van der Waals surface area contributed by atoms with Gasteiger partial charge in [0.05, 0.1) is 49.1 Å². The number of benzene rings is 2. The highest BCUT2D eigenvalue weighted by molar-refractivity contribution is 6.25. The monoisotopic (exact) mass is 864 g/mol. The molecule has 334 valence electrons. The first-order valence-electron chi connectivity index (χ1n) is 21.7. The van der Waals surface area contributed by atoms with Crippen LogP contribution in [0.2, 0.25) is 0 Å². The van der Waals surface area contributed by atoms with Crippen LogP contribution < -0.4 is 31.6 Å². The quantitative estimate of drug-likeness (QED) is 0.0721. The topological polar surface area (TPSA) is 213 Å². The van der Waals surface area contributed by atoms with Crippen LogP contribution >= 0.6 is 0 Å². The zero-order chi connectivity index (χ0) is 44.8.